The number of nitrogens with zero attached hydrogens (tertiary/aromatic N) is 4. The fraction of sp³-hybridized carbons (Fsp3) is 0. The van der Waals surface area contributed by atoms with E-state index in [0.29, 0.717) is 0 Å². The number of nitriles is 2. The molecule has 0 saturated carbocycles. The molecule has 124 valence electrons. The van der Waals surface area contributed by atoms with Gasteiger partial charge in [0.25, 0.3) is 11.4 Å². The lowest BCUT2D eigenvalue weighted by Crippen LogP contribution is -1.97. The third kappa shape index (κ3) is 4.84. The van der Waals surface area contributed by atoms with Gasteiger partial charge in [0.2, 0.25) is 0 Å². The normalized spacial score (nSPS) is 8.88. The third-order valence-corrected chi connectivity index (χ3v) is 2.78. The predicted octanol–water partition coefficient (Wildman–Crippen LogP) is 2.63. The smallest absolute Gasteiger partial charge is 0.335 e. The summed E-state index contributed by atoms with van der Waals surface area (Å²) in [6.45, 7) is 0. The van der Waals surface area contributed by atoms with Crippen LogP contribution >= 0.6 is 0 Å². The van der Waals surface area contributed by atoms with Crippen LogP contribution in [0.2, 0.25) is 0 Å². The van der Waals surface area contributed by atoms with Gasteiger partial charge in [-0.05, 0) is 12.1 Å². The second-order valence-corrected chi connectivity index (χ2v) is 4.29. The van der Waals surface area contributed by atoms with Crippen molar-refractivity contribution < 1.29 is 19.7 Å². The zero-order chi connectivity index (χ0) is 19.0. The van der Waals surface area contributed by atoms with E-state index in [4.69, 9.17) is 15.6 Å². The molecule has 10 heteroatoms. The van der Waals surface area contributed by atoms with Crippen molar-refractivity contribution in [1.82, 2.24) is 0 Å². The zero-order valence-corrected chi connectivity index (χ0v) is 12.3. The second kappa shape index (κ2) is 8.36. The molecule has 1 N–H and O–H groups in total. The summed E-state index contributed by atoms with van der Waals surface area (Å²) in [6.07, 6.45) is 0. The molecule has 0 aliphatic heterocycles. The summed E-state index contributed by atoms with van der Waals surface area (Å²) >= 11 is 0. The van der Waals surface area contributed by atoms with Crippen molar-refractivity contribution in [2.45, 2.75) is 0 Å². The highest BCUT2D eigenvalue weighted by Gasteiger charge is 2.16. The van der Waals surface area contributed by atoms with Crippen LogP contribution in [0.15, 0.2) is 42.5 Å². The van der Waals surface area contributed by atoms with Crippen LogP contribution in [-0.2, 0) is 0 Å². The highest BCUT2D eigenvalue weighted by Crippen LogP contribution is 2.20. The van der Waals surface area contributed by atoms with Crippen molar-refractivity contribution in [3.63, 3.8) is 0 Å². The summed E-state index contributed by atoms with van der Waals surface area (Å²) in [5.74, 6) is -1.17. The fourth-order valence-corrected chi connectivity index (χ4v) is 1.66. The molecule has 0 atom stereocenters. The van der Waals surface area contributed by atoms with Gasteiger partial charge >= 0.3 is 5.97 Å². The van der Waals surface area contributed by atoms with Crippen molar-refractivity contribution in [1.29, 1.82) is 10.5 Å². The molecule has 0 amide bonds. The molecule has 0 fully saturated rings. The van der Waals surface area contributed by atoms with Crippen molar-refractivity contribution in [3.05, 3.63) is 79.4 Å². The van der Waals surface area contributed by atoms with E-state index >= 15 is 0 Å². The highest BCUT2D eigenvalue weighted by atomic mass is 16.6. The van der Waals surface area contributed by atoms with E-state index in [1.54, 1.807) is 12.1 Å². The van der Waals surface area contributed by atoms with Gasteiger partial charge in [0, 0.05) is 18.2 Å². The minimum atomic E-state index is -1.17. The first kappa shape index (κ1) is 18.7. The van der Waals surface area contributed by atoms with Crippen LogP contribution in [0.1, 0.15) is 21.5 Å². The standard InChI is InChI=1S/C8H3N3O2.C7H5NO4/c9-4-6-2-1-3-8(11(12)13)7(6)5-10;9-7(10)5-2-1-3-6(4-5)8(11)12/h1-3H;1-4H,(H,9,10). The lowest BCUT2D eigenvalue weighted by Gasteiger charge is -1.94. The first-order valence-corrected chi connectivity index (χ1v) is 6.37. The Hall–Kier alpha value is -4.31. The number of hydrogen-bond donors (Lipinski definition) is 1. The van der Waals surface area contributed by atoms with Crippen LogP contribution in [-0.4, -0.2) is 20.9 Å². The SMILES string of the molecule is N#Cc1cccc([N+](=O)[O-])c1C#N.O=C(O)c1cccc([N+](=O)[O-])c1. The Bertz CT molecular complexity index is 897. The van der Waals surface area contributed by atoms with E-state index in [2.05, 4.69) is 0 Å². The van der Waals surface area contributed by atoms with Gasteiger partial charge in [-0.15, -0.1) is 0 Å². The van der Waals surface area contributed by atoms with E-state index in [9.17, 15) is 25.0 Å². The monoisotopic (exact) mass is 340 g/mol. The highest BCUT2D eigenvalue weighted by molar-refractivity contribution is 5.88. The van der Waals surface area contributed by atoms with Gasteiger partial charge in [-0.1, -0.05) is 12.1 Å². The average molecular weight is 340 g/mol. The Morgan fingerprint density at radius 3 is 2.12 bits per heavy atom. The molecular formula is C15H8N4O6. The molecule has 0 aliphatic carbocycles. The van der Waals surface area contributed by atoms with Gasteiger partial charge < -0.3 is 5.11 Å². The molecular weight excluding hydrogens is 332 g/mol. The summed E-state index contributed by atoms with van der Waals surface area (Å²) in [4.78, 5) is 29.6. The average Bonchev–Trinajstić information content (AvgIpc) is 2.61. The molecule has 0 heterocycles. The number of rotatable bonds is 3. The van der Waals surface area contributed by atoms with E-state index < -0.39 is 15.8 Å². The largest absolute Gasteiger partial charge is 0.478 e. The Labute approximate surface area is 140 Å². The van der Waals surface area contributed by atoms with Gasteiger partial charge in [0.15, 0.2) is 0 Å². The number of nitro benzene ring substituents is 2. The van der Waals surface area contributed by atoms with Crippen LogP contribution in [0, 0.1) is 42.9 Å². The number of carbonyl (C=O) groups is 1. The van der Waals surface area contributed by atoms with Gasteiger partial charge in [0.05, 0.1) is 21.0 Å². The first-order valence-electron chi connectivity index (χ1n) is 6.37. The summed E-state index contributed by atoms with van der Waals surface area (Å²) in [7, 11) is 0. The van der Waals surface area contributed by atoms with E-state index in [1.165, 1.54) is 36.4 Å². The third-order valence-electron chi connectivity index (χ3n) is 2.78. The van der Waals surface area contributed by atoms with E-state index in [1.807, 2.05) is 0 Å². The number of carboxylic acid groups (broad SMARTS) is 1. The molecule has 0 bridgehead atoms. The molecule has 2 rings (SSSR count). The van der Waals surface area contributed by atoms with Crippen LogP contribution in [0.4, 0.5) is 11.4 Å². The van der Waals surface area contributed by atoms with Crippen LogP contribution in [0.25, 0.3) is 0 Å². The molecule has 0 saturated heterocycles. The molecule has 25 heavy (non-hydrogen) atoms. The van der Waals surface area contributed by atoms with Crippen molar-refractivity contribution >= 4 is 17.3 Å². The van der Waals surface area contributed by atoms with Crippen LogP contribution in [0.5, 0.6) is 0 Å². The molecule has 2 aromatic rings. The number of benzene rings is 2. The molecule has 0 aliphatic rings. The number of non-ortho nitro benzene ring substituents is 1. The van der Waals surface area contributed by atoms with E-state index in [0.717, 1.165) is 6.07 Å². The molecule has 10 nitrogen and oxygen atoms in total. The van der Waals surface area contributed by atoms with Crippen molar-refractivity contribution in [2.75, 3.05) is 0 Å². The molecule has 0 aromatic heterocycles. The maximum Gasteiger partial charge on any atom is 0.335 e. The lowest BCUT2D eigenvalue weighted by atomic mass is 10.1. The molecule has 2 aromatic carbocycles. The lowest BCUT2D eigenvalue weighted by molar-refractivity contribution is -0.385. The molecule has 0 radical (unpaired) electrons. The van der Waals surface area contributed by atoms with Gasteiger partial charge in [-0.2, -0.15) is 10.5 Å². The van der Waals surface area contributed by atoms with Gasteiger partial charge in [-0.3, -0.25) is 20.2 Å². The first-order chi connectivity index (χ1) is 11.8. The van der Waals surface area contributed by atoms with Crippen LogP contribution in [0.3, 0.4) is 0 Å². The quantitative estimate of drug-likeness (QED) is 0.655. The van der Waals surface area contributed by atoms with Gasteiger partial charge in [-0.25, -0.2) is 4.79 Å². The summed E-state index contributed by atoms with van der Waals surface area (Å²) < 4.78 is 0. The minimum Gasteiger partial charge on any atom is -0.478 e. The fourth-order valence-electron chi connectivity index (χ4n) is 1.66. The predicted molar refractivity (Wildman–Crippen MR) is 82.6 cm³/mol. The summed E-state index contributed by atoms with van der Waals surface area (Å²) in [5.41, 5.74) is -0.785. The maximum atomic E-state index is 10.4. The van der Waals surface area contributed by atoms with E-state index in [-0.39, 0.29) is 28.1 Å². The topological polar surface area (TPSA) is 171 Å². The second-order valence-electron chi connectivity index (χ2n) is 4.29. The Balaban J connectivity index is 0.000000251. The van der Waals surface area contributed by atoms with Crippen molar-refractivity contribution in [3.8, 4) is 12.1 Å². The molecule has 0 spiro atoms. The van der Waals surface area contributed by atoms with Crippen LogP contribution < -0.4 is 0 Å². The number of nitro groups is 2. The van der Waals surface area contributed by atoms with Crippen molar-refractivity contribution in [2.24, 2.45) is 0 Å². The Morgan fingerprint density at radius 2 is 1.64 bits per heavy atom. The number of carboxylic acids is 1. The van der Waals surface area contributed by atoms with Gasteiger partial charge in [0.1, 0.15) is 17.7 Å². The summed E-state index contributed by atoms with van der Waals surface area (Å²) in [5, 5.41) is 46.2. The number of aromatic carboxylic acids is 1. The Kier molecular flexibility index (Phi) is 6.26. The molecule has 0 unspecified atom stereocenters. The zero-order valence-electron chi connectivity index (χ0n) is 12.3. The minimum absolute atomic E-state index is 0.0247. The number of hydrogen-bond acceptors (Lipinski definition) is 7. The maximum absolute atomic E-state index is 10.4. The Morgan fingerprint density at radius 1 is 1.00 bits per heavy atom. The summed E-state index contributed by atoms with van der Waals surface area (Å²) in [6, 6.07) is 12.2.